The third kappa shape index (κ3) is 2.41. The number of hydrogen-bond donors (Lipinski definition) is 0. The molecule has 0 saturated carbocycles. The lowest BCUT2D eigenvalue weighted by Gasteiger charge is -2.19. The van der Waals surface area contributed by atoms with E-state index in [0.29, 0.717) is 6.42 Å². The van der Waals surface area contributed by atoms with Crippen molar-refractivity contribution < 1.29 is 4.79 Å². The number of aromatic nitrogens is 2. The molecular weight excluding hydrogens is 262 g/mol. The van der Waals surface area contributed by atoms with Gasteiger partial charge in [0, 0.05) is 37.0 Å². The highest BCUT2D eigenvalue weighted by atomic mass is 32.2. The molecule has 2 aliphatic heterocycles. The average molecular weight is 279 g/mol. The molecular formula is C13H17N3O2S. The fourth-order valence-corrected chi connectivity index (χ4v) is 3.91. The summed E-state index contributed by atoms with van der Waals surface area (Å²) in [6, 6.07) is 1.51. The molecule has 6 heteroatoms. The van der Waals surface area contributed by atoms with E-state index in [9.17, 15) is 9.59 Å². The molecule has 1 unspecified atom stereocenters. The summed E-state index contributed by atoms with van der Waals surface area (Å²) in [5, 5.41) is 0.754. The van der Waals surface area contributed by atoms with E-state index in [2.05, 4.69) is 4.98 Å². The summed E-state index contributed by atoms with van der Waals surface area (Å²) in [5.74, 6) is 0.939. The Morgan fingerprint density at radius 2 is 2.21 bits per heavy atom. The number of hydrogen-bond acceptors (Lipinski definition) is 4. The van der Waals surface area contributed by atoms with Crippen LogP contribution in [0.5, 0.6) is 0 Å². The van der Waals surface area contributed by atoms with E-state index in [-0.39, 0.29) is 17.5 Å². The topological polar surface area (TPSA) is 55.2 Å². The fraction of sp³-hybridized carbons (Fsp3) is 0.615. The Morgan fingerprint density at radius 1 is 1.47 bits per heavy atom. The molecule has 2 aliphatic rings. The number of aryl methyl sites for hydroxylation is 1. The molecule has 0 bridgehead atoms. The van der Waals surface area contributed by atoms with Crippen molar-refractivity contribution in [1.29, 1.82) is 0 Å². The zero-order chi connectivity index (χ0) is 13.4. The fourth-order valence-electron chi connectivity index (χ4n) is 2.71. The SMILES string of the molecule is Cc1cc(=O)n2c(n1)SCC2CC(=O)N1CCCC1. The first-order valence-corrected chi connectivity index (χ1v) is 7.64. The summed E-state index contributed by atoms with van der Waals surface area (Å²) >= 11 is 1.57. The second-order valence-electron chi connectivity index (χ2n) is 5.15. The van der Waals surface area contributed by atoms with Crippen molar-refractivity contribution >= 4 is 17.7 Å². The normalized spacial score (nSPS) is 21.7. The third-order valence-corrected chi connectivity index (χ3v) is 4.78. The monoisotopic (exact) mass is 279 g/mol. The van der Waals surface area contributed by atoms with Gasteiger partial charge in [0.1, 0.15) is 0 Å². The van der Waals surface area contributed by atoms with E-state index in [1.807, 2.05) is 11.8 Å². The highest BCUT2D eigenvalue weighted by Gasteiger charge is 2.29. The van der Waals surface area contributed by atoms with Crippen LogP contribution in [0.4, 0.5) is 0 Å². The number of rotatable bonds is 2. The van der Waals surface area contributed by atoms with Crippen LogP contribution in [0.25, 0.3) is 0 Å². The molecule has 5 nitrogen and oxygen atoms in total. The standard InChI is InChI=1S/C13H17N3O2S/c1-9-6-12(18)16-10(8-19-13(16)14-9)7-11(17)15-4-2-3-5-15/h6,10H,2-5,7-8H2,1H3. The van der Waals surface area contributed by atoms with Gasteiger partial charge in [0.2, 0.25) is 5.91 Å². The zero-order valence-corrected chi connectivity index (χ0v) is 11.8. The summed E-state index contributed by atoms with van der Waals surface area (Å²) in [6.45, 7) is 3.56. The number of carbonyl (C=O) groups is 1. The van der Waals surface area contributed by atoms with Gasteiger partial charge < -0.3 is 4.90 Å². The number of likely N-dealkylation sites (tertiary alicyclic amines) is 1. The van der Waals surface area contributed by atoms with Crippen LogP contribution in [-0.2, 0) is 4.79 Å². The number of carbonyl (C=O) groups excluding carboxylic acids is 1. The summed E-state index contributed by atoms with van der Waals surface area (Å²) in [7, 11) is 0. The lowest BCUT2D eigenvalue weighted by molar-refractivity contribution is -0.130. The van der Waals surface area contributed by atoms with Crippen LogP contribution in [0.2, 0.25) is 0 Å². The van der Waals surface area contributed by atoms with E-state index in [1.54, 1.807) is 22.4 Å². The second kappa shape index (κ2) is 5.00. The Balaban J connectivity index is 1.79. The Labute approximate surface area is 116 Å². The minimum absolute atomic E-state index is 0.0336. The van der Waals surface area contributed by atoms with Gasteiger partial charge in [-0.2, -0.15) is 0 Å². The molecule has 1 fully saturated rings. The van der Waals surface area contributed by atoms with Crippen LogP contribution in [0.1, 0.15) is 31.0 Å². The lowest BCUT2D eigenvalue weighted by Crippen LogP contribution is -2.32. The van der Waals surface area contributed by atoms with E-state index in [0.717, 1.165) is 42.5 Å². The Hall–Kier alpha value is -1.30. The quantitative estimate of drug-likeness (QED) is 0.764. The van der Waals surface area contributed by atoms with Crippen molar-refractivity contribution in [2.45, 2.75) is 37.4 Å². The first-order valence-electron chi connectivity index (χ1n) is 6.66. The molecule has 0 spiro atoms. The van der Waals surface area contributed by atoms with E-state index < -0.39 is 0 Å². The minimum atomic E-state index is -0.0354. The molecule has 3 rings (SSSR count). The predicted octanol–water partition coefficient (Wildman–Crippen LogP) is 1.21. The summed E-state index contributed by atoms with van der Waals surface area (Å²) in [6.07, 6.45) is 2.62. The maximum absolute atomic E-state index is 12.2. The van der Waals surface area contributed by atoms with Gasteiger partial charge in [-0.1, -0.05) is 11.8 Å². The first-order chi connectivity index (χ1) is 9.15. The van der Waals surface area contributed by atoms with Crippen LogP contribution < -0.4 is 5.56 Å². The molecule has 19 heavy (non-hydrogen) atoms. The van der Waals surface area contributed by atoms with E-state index in [1.165, 1.54) is 0 Å². The zero-order valence-electron chi connectivity index (χ0n) is 11.0. The second-order valence-corrected chi connectivity index (χ2v) is 6.13. The van der Waals surface area contributed by atoms with Crippen LogP contribution in [-0.4, -0.2) is 39.2 Å². The lowest BCUT2D eigenvalue weighted by atomic mass is 10.2. The van der Waals surface area contributed by atoms with Gasteiger partial charge in [-0.15, -0.1) is 0 Å². The van der Waals surface area contributed by atoms with Gasteiger partial charge >= 0.3 is 0 Å². The smallest absolute Gasteiger partial charge is 0.254 e. The predicted molar refractivity (Wildman–Crippen MR) is 73.4 cm³/mol. The number of thioether (sulfide) groups is 1. The maximum atomic E-state index is 12.2. The molecule has 1 saturated heterocycles. The van der Waals surface area contributed by atoms with Crippen molar-refractivity contribution in [3.05, 3.63) is 22.1 Å². The molecule has 0 aliphatic carbocycles. The molecule has 1 aromatic heterocycles. The van der Waals surface area contributed by atoms with Crippen molar-refractivity contribution in [1.82, 2.24) is 14.5 Å². The molecule has 0 N–H and O–H groups in total. The Kier molecular flexibility index (Phi) is 3.35. The molecule has 102 valence electrons. The van der Waals surface area contributed by atoms with Gasteiger partial charge in [-0.3, -0.25) is 14.2 Å². The highest BCUT2D eigenvalue weighted by Crippen LogP contribution is 2.32. The first kappa shape index (κ1) is 12.7. The van der Waals surface area contributed by atoms with Gasteiger partial charge in [-0.25, -0.2) is 4.98 Å². The van der Waals surface area contributed by atoms with Crippen molar-refractivity contribution in [2.24, 2.45) is 0 Å². The molecule has 1 atom stereocenters. The molecule has 3 heterocycles. The highest BCUT2D eigenvalue weighted by molar-refractivity contribution is 7.99. The third-order valence-electron chi connectivity index (χ3n) is 3.69. The number of nitrogens with zero attached hydrogens (tertiary/aromatic N) is 3. The molecule has 0 radical (unpaired) electrons. The van der Waals surface area contributed by atoms with Gasteiger partial charge in [0.25, 0.3) is 5.56 Å². The van der Waals surface area contributed by atoms with Gasteiger partial charge in [0.15, 0.2) is 5.16 Å². The molecule has 1 aromatic rings. The van der Waals surface area contributed by atoms with Crippen LogP contribution in [0, 0.1) is 6.92 Å². The Morgan fingerprint density at radius 3 is 2.95 bits per heavy atom. The van der Waals surface area contributed by atoms with E-state index in [4.69, 9.17) is 0 Å². The Bertz CT molecular complexity index is 563. The van der Waals surface area contributed by atoms with Gasteiger partial charge in [-0.05, 0) is 19.8 Å². The van der Waals surface area contributed by atoms with Crippen molar-refractivity contribution in [3.63, 3.8) is 0 Å². The summed E-state index contributed by atoms with van der Waals surface area (Å²) < 4.78 is 1.69. The molecule has 0 aromatic carbocycles. The summed E-state index contributed by atoms with van der Waals surface area (Å²) in [5.41, 5.74) is 0.710. The van der Waals surface area contributed by atoms with Gasteiger partial charge in [0.05, 0.1) is 6.04 Å². The molecule has 1 amide bonds. The minimum Gasteiger partial charge on any atom is -0.343 e. The van der Waals surface area contributed by atoms with E-state index >= 15 is 0 Å². The van der Waals surface area contributed by atoms with Crippen LogP contribution in [0.3, 0.4) is 0 Å². The maximum Gasteiger partial charge on any atom is 0.254 e. The van der Waals surface area contributed by atoms with Crippen molar-refractivity contribution in [3.8, 4) is 0 Å². The summed E-state index contributed by atoms with van der Waals surface area (Å²) in [4.78, 5) is 30.5. The van der Waals surface area contributed by atoms with Crippen LogP contribution in [0.15, 0.2) is 16.0 Å². The average Bonchev–Trinajstić information content (AvgIpc) is 2.98. The van der Waals surface area contributed by atoms with Crippen LogP contribution >= 0.6 is 11.8 Å². The number of amides is 1. The van der Waals surface area contributed by atoms with Crippen molar-refractivity contribution in [2.75, 3.05) is 18.8 Å². The number of fused-ring (bicyclic) bond motifs is 1. The largest absolute Gasteiger partial charge is 0.343 e.